The van der Waals surface area contributed by atoms with Gasteiger partial charge in [0.15, 0.2) is 0 Å². The number of rotatable bonds is 14. The third-order valence-electron chi connectivity index (χ3n) is 6.45. The van der Waals surface area contributed by atoms with Crippen molar-refractivity contribution in [2.75, 3.05) is 24.5 Å². The van der Waals surface area contributed by atoms with Crippen LogP contribution in [0.2, 0.25) is 0 Å². The molecule has 1 aliphatic rings. The summed E-state index contributed by atoms with van der Waals surface area (Å²) in [4.78, 5) is 28.0. The molecule has 0 radical (unpaired) electrons. The summed E-state index contributed by atoms with van der Waals surface area (Å²) in [7, 11) is 0. The first kappa shape index (κ1) is 32.8. The van der Waals surface area contributed by atoms with Crippen LogP contribution < -0.4 is 4.90 Å². The smallest absolute Gasteiger partial charge is 0.303 e. The Bertz CT molecular complexity index is 890. The summed E-state index contributed by atoms with van der Waals surface area (Å²) in [5, 5.41) is 16.7. The number of halogens is 1. The summed E-state index contributed by atoms with van der Waals surface area (Å²) in [5.41, 5.74) is 2.68. The lowest BCUT2D eigenvalue weighted by molar-refractivity contribution is -0.138. The van der Waals surface area contributed by atoms with Gasteiger partial charge in [-0.1, -0.05) is 75.6 Å². The van der Waals surface area contributed by atoms with Crippen LogP contribution in [0.3, 0.4) is 0 Å². The topological polar surface area (TPSA) is 81.1 Å². The number of unbranched alkanes of at least 4 members (excludes halogenated alkanes) is 5. The van der Waals surface area contributed by atoms with Gasteiger partial charge < -0.3 is 15.1 Å². The minimum absolute atomic E-state index is 0. The summed E-state index contributed by atoms with van der Waals surface area (Å²) in [5.74, 6) is -1.48. The molecule has 2 aromatic carbocycles. The molecule has 1 aliphatic heterocycles. The molecule has 0 spiro atoms. The summed E-state index contributed by atoms with van der Waals surface area (Å²) in [6.07, 6.45) is 5.82. The first-order chi connectivity index (χ1) is 17.4. The molecule has 1 unspecified atom stereocenters. The van der Waals surface area contributed by atoms with Gasteiger partial charge in [0.05, 0.1) is 11.4 Å². The van der Waals surface area contributed by atoms with Crippen LogP contribution in [0.4, 0.5) is 11.4 Å². The lowest BCUT2D eigenvalue weighted by Crippen LogP contribution is -2.41. The normalized spacial score (nSPS) is 12.5. The number of hydrogen-bond acceptors (Lipinski definition) is 5. The Labute approximate surface area is 232 Å². The van der Waals surface area contributed by atoms with E-state index in [-0.39, 0.29) is 25.2 Å². The number of anilines is 2. The van der Waals surface area contributed by atoms with E-state index >= 15 is 0 Å². The highest BCUT2D eigenvalue weighted by molar-refractivity contribution is 7.99. The fraction of sp³-hybridized carbons (Fsp3) is 0.517. The zero-order valence-electron chi connectivity index (χ0n) is 22.4. The molecule has 37 heavy (non-hydrogen) atoms. The van der Waals surface area contributed by atoms with E-state index in [4.69, 9.17) is 10.2 Å². The van der Waals surface area contributed by atoms with E-state index in [0.29, 0.717) is 6.04 Å². The average Bonchev–Trinajstić information content (AvgIpc) is 2.86. The second kappa shape index (κ2) is 18.1. The van der Waals surface area contributed by atoms with Crippen molar-refractivity contribution >= 4 is 47.5 Å². The fourth-order valence-corrected chi connectivity index (χ4v) is 5.56. The number of hydrogen-bond donors (Lipinski definition) is 2. The Morgan fingerprint density at radius 3 is 1.59 bits per heavy atom. The molecule has 0 aromatic heterocycles. The maximum Gasteiger partial charge on any atom is 0.303 e. The van der Waals surface area contributed by atoms with Gasteiger partial charge in [-0.05, 0) is 57.1 Å². The molecule has 0 saturated carbocycles. The van der Waals surface area contributed by atoms with E-state index in [1.165, 1.54) is 21.2 Å². The largest absolute Gasteiger partial charge is 0.481 e. The van der Waals surface area contributed by atoms with E-state index in [2.05, 4.69) is 79.1 Å². The predicted octanol–water partition coefficient (Wildman–Crippen LogP) is 7.72. The fourth-order valence-electron chi connectivity index (χ4n) is 4.46. The standard InChI is InChI=1S/C19H24N2S.C10H18O4.ClH/c1-4-20(5-2)15(3)14-21-16-10-6-8-12-18(16)22-19-13-9-7-11-17(19)21;11-9(12)7-5-3-1-2-4-6-8-10(13)14;/h6-13,15H,4-5,14H2,1-3H3;1-8H2,(H,11,12)(H,13,14);1H. The molecule has 1 heterocycles. The monoisotopic (exact) mass is 550 g/mol. The average molecular weight is 551 g/mol. The van der Waals surface area contributed by atoms with E-state index in [0.717, 1.165) is 58.2 Å². The molecule has 0 amide bonds. The van der Waals surface area contributed by atoms with Crippen molar-refractivity contribution in [2.45, 2.75) is 88.0 Å². The number of para-hydroxylation sites is 2. The van der Waals surface area contributed by atoms with E-state index in [1.54, 1.807) is 0 Å². The third-order valence-corrected chi connectivity index (χ3v) is 7.58. The van der Waals surface area contributed by atoms with Crippen LogP contribution in [0.1, 0.15) is 72.1 Å². The Kier molecular flexibility index (Phi) is 16.1. The number of fused-ring (bicyclic) bond motifs is 2. The van der Waals surface area contributed by atoms with Gasteiger partial charge in [-0.2, -0.15) is 0 Å². The third kappa shape index (κ3) is 11.4. The van der Waals surface area contributed by atoms with E-state index in [1.807, 2.05) is 11.8 Å². The molecule has 6 nitrogen and oxygen atoms in total. The first-order valence-corrected chi connectivity index (χ1v) is 14.0. The zero-order valence-corrected chi connectivity index (χ0v) is 24.0. The molecule has 0 saturated heterocycles. The van der Waals surface area contributed by atoms with Gasteiger partial charge in [-0.3, -0.25) is 14.5 Å². The summed E-state index contributed by atoms with van der Waals surface area (Å²) < 4.78 is 0. The highest BCUT2D eigenvalue weighted by atomic mass is 35.5. The second-order valence-electron chi connectivity index (χ2n) is 9.13. The van der Waals surface area contributed by atoms with Gasteiger partial charge in [0, 0.05) is 35.2 Å². The minimum atomic E-state index is -0.740. The Hall–Kier alpha value is -2.22. The van der Waals surface area contributed by atoms with Crippen LogP contribution in [0, 0.1) is 0 Å². The first-order valence-electron chi connectivity index (χ1n) is 13.2. The lowest BCUT2D eigenvalue weighted by Gasteiger charge is -2.37. The summed E-state index contributed by atoms with van der Waals surface area (Å²) >= 11 is 1.88. The molecular formula is C29H43ClN2O4S. The maximum absolute atomic E-state index is 10.1. The van der Waals surface area contributed by atoms with Crippen molar-refractivity contribution in [2.24, 2.45) is 0 Å². The van der Waals surface area contributed by atoms with Crippen LogP contribution in [-0.2, 0) is 9.59 Å². The van der Waals surface area contributed by atoms with Gasteiger partial charge >= 0.3 is 11.9 Å². The van der Waals surface area contributed by atoms with E-state index < -0.39 is 11.9 Å². The highest BCUT2D eigenvalue weighted by Crippen LogP contribution is 2.47. The Morgan fingerprint density at radius 1 is 0.784 bits per heavy atom. The second-order valence-corrected chi connectivity index (χ2v) is 10.2. The van der Waals surface area contributed by atoms with Gasteiger partial charge in [0.25, 0.3) is 0 Å². The van der Waals surface area contributed by atoms with Crippen molar-refractivity contribution < 1.29 is 19.8 Å². The molecule has 2 aromatic rings. The van der Waals surface area contributed by atoms with Gasteiger partial charge in [0.1, 0.15) is 0 Å². The number of carboxylic acids is 2. The van der Waals surface area contributed by atoms with E-state index in [9.17, 15) is 9.59 Å². The molecule has 3 rings (SSSR count). The van der Waals surface area contributed by atoms with Gasteiger partial charge in [-0.25, -0.2) is 0 Å². The number of likely N-dealkylation sites (N-methyl/N-ethyl adjacent to an activating group) is 1. The van der Waals surface area contributed by atoms with Crippen molar-refractivity contribution in [1.29, 1.82) is 0 Å². The number of benzene rings is 2. The Morgan fingerprint density at radius 2 is 1.19 bits per heavy atom. The quantitative estimate of drug-likeness (QED) is 0.233. The highest BCUT2D eigenvalue weighted by Gasteiger charge is 2.25. The maximum atomic E-state index is 10.1. The molecule has 1 atom stereocenters. The molecule has 0 fully saturated rings. The number of aliphatic carboxylic acids is 2. The summed E-state index contributed by atoms with van der Waals surface area (Å²) in [6, 6.07) is 18.0. The molecule has 2 N–H and O–H groups in total. The van der Waals surface area contributed by atoms with Crippen molar-refractivity contribution in [3.63, 3.8) is 0 Å². The molecular weight excluding hydrogens is 508 g/mol. The van der Waals surface area contributed by atoms with Crippen molar-refractivity contribution in [3.05, 3.63) is 48.5 Å². The van der Waals surface area contributed by atoms with Crippen LogP contribution in [0.25, 0.3) is 0 Å². The molecule has 206 valence electrons. The van der Waals surface area contributed by atoms with Crippen molar-refractivity contribution in [1.82, 2.24) is 4.90 Å². The predicted molar refractivity (Wildman–Crippen MR) is 156 cm³/mol. The van der Waals surface area contributed by atoms with Gasteiger partial charge in [-0.15, -0.1) is 12.4 Å². The number of carbonyl (C=O) groups is 2. The number of nitrogens with zero attached hydrogens (tertiary/aromatic N) is 2. The van der Waals surface area contributed by atoms with Crippen LogP contribution in [-0.4, -0.2) is 52.7 Å². The SMILES string of the molecule is CCN(CC)C(C)CN1c2ccccc2Sc2ccccc21.Cl.O=C(O)CCCCCCCCC(=O)O. The van der Waals surface area contributed by atoms with Crippen LogP contribution in [0.15, 0.2) is 58.3 Å². The van der Waals surface area contributed by atoms with Gasteiger partial charge in [0.2, 0.25) is 0 Å². The van der Waals surface area contributed by atoms with Crippen LogP contribution in [0.5, 0.6) is 0 Å². The molecule has 8 heteroatoms. The zero-order chi connectivity index (χ0) is 26.3. The Balaban J connectivity index is 0.000000401. The lowest BCUT2D eigenvalue weighted by atomic mass is 10.1. The van der Waals surface area contributed by atoms with Crippen molar-refractivity contribution in [3.8, 4) is 0 Å². The van der Waals surface area contributed by atoms with Crippen LogP contribution >= 0.6 is 24.2 Å². The summed E-state index contributed by atoms with van der Waals surface area (Å²) in [6.45, 7) is 10.0. The molecule has 0 aliphatic carbocycles. The minimum Gasteiger partial charge on any atom is -0.481 e. The number of carboxylic acid groups (broad SMARTS) is 2. The molecule has 0 bridgehead atoms.